The lowest BCUT2D eigenvalue weighted by Gasteiger charge is -2.16. The van der Waals surface area contributed by atoms with Gasteiger partial charge in [-0.2, -0.15) is 0 Å². The van der Waals surface area contributed by atoms with Gasteiger partial charge in [-0.05, 0) is 35.9 Å². The van der Waals surface area contributed by atoms with Crippen LogP contribution in [0.1, 0.15) is 5.56 Å². The van der Waals surface area contributed by atoms with Crippen LogP contribution in [0.25, 0.3) is 0 Å². The maximum atomic E-state index is 11.5. The molecule has 2 aromatic rings. The van der Waals surface area contributed by atoms with Crippen molar-refractivity contribution < 1.29 is 8.42 Å². The summed E-state index contributed by atoms with van der Waals surface area (Å²) in [6.45, 7) is 0. The minimum absolute atomic E-state index is 0.585. The van der Waals surface area contributed by atoms with Crippen molar-refractivity contribution in [1.29, 1.82) is 0 Å². The smallest absolute Gasteiger partial charge is 0.231 e. The van der Waals surface area contributed by atoms with E-state index in [0.29, 0.717) is 11.4 Å². The summed E-state index contributed by atoms with van der Waals surface area (Å²) in [5.41, 5.74) is 2.25. The third-order valence-corrected chi connectivity index (χ3v) is 4.60. The van der Waals surface area contributed by atoms with Crippen molar-refractivity contribution in [3.8, 4) is 0 Å². The van der Waals surface area contributed by atoms with Crippen LogP contribution in [-0.4, -0.2) is 27.9 Å². The van der Waals surface area contributed by atoms with Crippen molar-refractivity contribution in [2.75, 3.05) is 17.6 Å². The highest BCUT2D eigenvalue weighted by Crippen LogP contribution is 2.22. The SMILES string of the molecule is CN(c1cccc(N=Cc2cccc(Br)c2)c1)S(C)(=O)=O. The van der Waals surface area contributed by atoms with Crippen LogP contribution in [0.15, 0.2) is 58.0 Å². The Labute approximate surface area is 133 Å². The zero-order chi connectivity index (χ0) is 15.5. The van der Waals surface area contributed by atoms with Gasteiger partial charge in [0.2, 0.25) is 10.0 Å². The monoisotopic (exact) mass is 366 g/mol. The van der Waals surface area contributed by atoms with Crippen LogP contribution in [0.2, 0.25) is 0 Å². The highest BCUT2D eigenvalue weighted by Gasteiger charge is 2.11. The molecule has 21 heavy (non-hydrogen) atoms. The molecule has 0 aromatic heterocycles. The Hall–Kier alpha value is -1.66. The molecule has 0 N–H and O–H groups in total. The quantitative estimate of drug-likeness (QED) is 0.776. The predicted molar refractivity (Wildman–Crippen MR) is 91.1 cm³/mol. The first-order valence-electron chi connectivity index (χ1n) is 6.20. The number of aliphatic imine (C=N–C) groups is 1. The fourth-order valence-corrected chi connectivity index (χ4v) is 2.61. The van der Waals surface area contributed by atoms with Crippen molar-refractivity contribution in [3.05, 3.63) is 58.6 Å². The molecule has 0 bridgehead atoms. The number of anilines is 1. The largest absolute Gasteiger partial charge is 0.273 e. The highest BCUT2D eigenvalue weighted by molar-refractivity contribution is 9.10. The fourth-order valence-electron chi connectivity index (χ4n) is 1.70. The van der Waals surface area contributed by atoms with Gasteiger partial charge in [-0.1, -0.05) is 34.1 Å². The average molecular weight is 367 g/mol. The van der Waals surface area contributed by atoms with Gasteiger partial charge in [-0.15, -0.1) is 0 Å². The first-order valence-corrected chi connectivity index (χ1v) is 8.84. The maximum Gasteiger partial charge on any atom is 0.231 e. The summed E-state index contributed by atoms with van der Waals surface area (Å²) in [5, 5.41) is 0. The first-order chi connectivity index (χ1) is 9.86. The molecule has 6 heteroatoms. The second-order valence-corrected chi connectivity index (χ2v) is 7.49. The van der Waals surface area contributed by atoms with Gasteiger partial charge < -0.3 is 0 Å². The lowest BCUT2D eigenvalue weighted by molar-refractivity contribution is 0.600. The van der Waals surface area contributed by atoms with E-state index >= 15 is 0 Å². The molecule has 110 valence electrons. The summed E-state index contributed by atoms with van der Waals surface area (Å²) in [7, 11) is -1.75. The number of nitrogens with zero attached hydrogens (tertiary/aromatic N) is 2. The molecule has 0 saturated heterocycles. The third-order valence-electron chi connectivity index (χ3n) is 2.90. The van der Waals surface area contributed by atoms with Crippen molar-refractivity contribution >= 4 is 43.5 Å². The molecule has 0 amide bonds. The minimum Gasteiger partial charge on any atom is -0.273 e. The van der Waals surface area contributed by atoms with Crippen LogP contribution < -0.4 is 4.31 Å². The van der Waals surface area contributed by atoms with Gasteiger partial charge in [-0.25, -0.2) is 8.42 Å². The maximum absolute atomic E-state index is 11.5. The molecule has 0 aliphatic heterocycles. The molecule has 0 saturated carbocycles. The lowest BCUT2D eigenvalue weighted by Crippen LogP contribution is -2.24. The molecule has 0 unspecified atom stereocenters. The topological polar surface area (TPSA) is 49.7 Å². The van der Waals surface area contributed by atoms with Gasteiger partial charge in [0.05, 0.1) is 17.6 Å². The number of rotatable bonds is 4. The van der Waals surface area contributed by atoms with Crippen LogP contribution in [-0.2, 0) is 10.0 Å². The second kappa shape index (κ2) is 6.41. The Bertz CT molecular complexity index is 773. The van der Waals surface area contributed by atoms with Crippen molar-refractivity contribution in [2.24, 2.45) is 4.99 Å². The molecule has 4 nitrogen and oxygen atoms in total. The zero-order valence-electron chi connectivity index (χ0n) is 11.7. The number of hydrogen-bond acceptors (Lipinski definition) is 3. The summed E-state index contributed by atoms with van der Waals surface area (Å²) in [4.78, 5) is 4.38. The van der Waals surface area contributed by atoms with E-state index < -0.39 is 10.0 Å². The van der Waals surface area contributed by atoms with Gasteiger partial charge in [0.1, 0.15) is 0 Å². The van der Waals surface area contributed by atoms with E-state index in [1.807, 2.05) is 30.3 Å². The van der Waals surface area contributed by atoms with Gasteiger partial charge in [-0.3, -0.25) is 9.30 Å². The van der Waals surface area contributed by atoms with E-state index in [2.05, 4.69) is 20.9 Å². The fraction of sp³-hybridized carbons (Fsp3) is 0.133. The molecular formula is C15H15BrN2O2S. The standard InChI is InChI=1S/C15H15BrN2O2S/c1-18(21(2,19)20)15-8-4-7-14(10-15)17-11-12-5-3-6-13(16)9-12/h3-11H,1-2H3. The summed E-state index contributed by atoms with van der Waals surface area (Å²) in [5.74, 6) is 0. The summed E-state index contributed by atoms with van der Waals surface area (Å²) < 4.78 is 25.3. The predicted octanol–water partition coefficient (Wildman–Crippen LogP) is 3.60. The summed E-state index contributed by atoms with van der Waals surface area (Å²) >= 11 is 3.41. The Morgan fingerprint density at radius 3 is 2.52 bits per heavy atom. The number of sulfonamides is 1. The van der Waals surface area contributed by atoms with Crippen LogP contribution in [0, 0.1) is 0 Å². The van der Waals surface area contributed by atoms with Crippen LogP contribution in [0.4, 0.5) is 11.4 Å². The van der Waals surface area contributed by atoms with E-state index in [1.54, 1.807) is 24.4 Å². The van der Waals surface area contributed by atoms with E-state index in [9.17, 15) is 8.42 Å². The van der Waals surface area contributed by atoms with Crippen molar-refractivity contribution in [1.82, 2.24) is 0 Å². The molecule has 0 radical (unpaired) electrons. The minimum atomic E-state index is -3.27. The number of hydrogen-bond donors (Lipinski definition) is 0. The van der Waals surface area contributed by atoms with E-state index in [0.717, 1.165) is 10.0 Å². The highest BCUT2D eigenvalue weighted by atomic mass is 79.9. The van der Waals surface area contributed by atoms with Gasteiger partial charge in [0.25, 0.3) is 0 Å². The summed E-state index contributed by atoms with van der Waals surface area (Å²) in [6, 6.07) is 14.8. The zero-order valence-corrected chi connectivity index (χ0v) is 14.1. The third kappa shape index (κ3) is 4.41. The average Bonchev–Trinajstić information content (AvgIpc) is 2.44. The molecule has 0 spiro atoms. The van der Waals surface area contributed by atoms with Crippen LogP contribution in [0.3, 0.4) is 0 Å². The van der Waals surface area contributed by atoms with Crippen LogP contribution >= 0.6 is 15.9 Å². The Balaban J connectivity index is 2.26. The first kappa shape index (κ1) is 15.7. The molecule has 0 aliphatic rings. The molecule has 0 aliphatic carbocycles. The molecular weight excluding hydrogens is 352 g/mol. The molecule has 2 aromatic carbocycles. The van der Waals surface area contributed by atoms with Crippen LogP contribution in [0.5, 0.6) is 0 Å². The van der Waals surface area contributed by atoms with E-state index in [-0.39, 0.29) is 0 Å². The number of halogens is 1. The Morgan fingerprint density at radius 1 is 1.14 bits per heavy atom. The van der Waals surface area contributed by atoms with Crippen molar-refractivity contribution in [3.63, 3.8) is 0 Å². The molecule has 0 atom stereocenters. The lowest BCUT2D eigenvalue weighted by atomic mass is 10.2. The molecule has 0 fully saturated rings. The van der Waals surface area contributed by atoms with E-state index in [1.165, 1.54) is 17.6 Å². The normalized spacial score (nSPS) is 11.8. The van der Waals surface area contributed by atoms with Gasteiger partial charge >= 0.3 is 0 Å². The Kier molecular flexibility index (Phi) is 4.80. The summed E-state index contributed by atoms with van der Waals surface area (Å²) in [6.07, 6.45) is 2.91. The number of benzene rings is 2. The van der Waals surface area contributed by atoms with Gasteiger partial charge in [0, 0.05) is 17.7 Å². The second-order valence-electron chi connectivity index (χ2n) is 4.56. The molecule has 2 rings (SSSR count). The Morgan fingerprint density at radius 2 is 1.86 bits per heavy atom. The van der Waals surface area contributed by atoms with Gasteiger partial charge in [0.15, 0.2) is 0 Å². The van der Waals surface area contributed by atoms with E-state index in [4.69, 9.17) is 0 Å². The van der Waals surface area contributed by atoms with Crippen molar-refractivity contribution in [2.45, 2.75) is 0 Å². The molecule has 0 heterocycles.